The van der Waals surface area contributed by atoms with Crippen LogP contribution in [0.1, 0.15) is 47.5 Å². The zero-order chi connectivity index (χ0) is 27.2. The number of rotatable bonds is 7. The molecule has 39 heavy (non-hydrogen) atoms. The normalized spacial score (nSPS) is 19.5. The van der Waals surface area contributed by atoms with E-state index in [-0.39, 0.29) is 11.5 Å². The van der Waals surface area contributed by atoms with Gasteiger partial charge in [0.05, 0.1) is 27.8 Å². The van der Waals surface area contributed by atoms with Crippen LogP contribution in [0.25, 0.3) is 21.6 Å². The fourth-order valence-corrected chi connectivity index (χ4v) is 6.63. The lowest BCUT2D eigenvalue weighted by atomic mass is 9.88. The fourth-order valence-electron chi connectivity index (χ4n) is 4.78. The average molecular weight is 562 g/mol. The van der Waals surface area contributed by atoms with Crippen LogP contribution in [0.3, 0.4) is 0 Å². The van der Waals surface area contributed by atoms with Crippen molar-refractivity contribution >= 4 is 27.3 Å². The van der Waals surface area contributed by atoms with Gasteiger partial charge in [0, 0.05) is 40.7 Å². The van der Waals surface area contributed by atoms with Crippen LogP contribution in [-0.4, -0.2) is 40.8 Å². The molecular weight excluding hydrogens is 534 g/mol. The van der Waals surface area contributed by atoms with Crippen molar-refractivity contribution < 1.29 is 23.1 Å². The Hall–Kier alpha value is -3.60. The standard InChI is InChI=1S/C29H27N3O5S2/c1-29(10-11-29)39(35,36)32-28(34)23-5-3-2-4-22(23)18-7-9-24-25(13-18)37-16-20(27(24)33)12-21-8-6-19(14-31-21)26-15-30-17-38-26/h2-9,13-15,17,20,27,33H,10-12,16H2,1H3,(H,32,34)/t20-,27+/m1/s1. The van der Waals surface area contributed by atoms with Crippen molar-refractivity contribution in [3.8, 4) is 27.3 Å². The van der Waals surface area contributed by atoms with Gasteiger partial charge >= 0.3 is 0 Å². The molecule has 0 radical (unpaired) electrons. The number of nitrogens with zero attached hydrogens (tertiary/aromatic N) is 2. The molecule has 8 nitrogen and oxygen atoms in total. The summed E-state index contributed by atoms with van der Waals surface area (Å²) in [5.41, 5.74) is 5.86. The molecule has 2 atom stereocenters. The summed E-state index contributed by atoms with van der Waals surface area (Å²) >= 11 is 1.56. The van der Waals surface area contributed by atoms with Crippen LogP contribution in [0.15, 0.2) is 72.5 Å². The second kappa shape index (κ2) is 9.86. The van der Waals surface area contributed by atoms with Gasteiger partial charge in [0.1, 0.15) is 5.75 Å². The molecular formula is C29H27N3O5S2. The lowest BCUT2D eigenvalue weighted by molar-refractivity contribution is 0.0503. The number of aliphatic hydroxyl groups is 1. The van der Waals surface area contributed by atoms with Gasteiger partial charge in [-0.15, -0.1) is 11.3 Å². The summed E-state index contributed by atoms with van der Waals surface area (Å²) in [7, 11) is -3.77. The smallest absolute Gasteiger partial charge is 0.265 e. The number of hydrogen-bond donors (Lipinski definition) is 2. The molecule has 3 heterocycles. The number of ether oxygens (including phenoxy) is 1. The molecule has 1 fully saturated rings. The zero-order valence-corrected chi connectivity index (χ0v) is 22.8. The molecule has 1 amide bonds. The van der Waals surface area contributed by atoms with Crippen molar-refractivity contribution in [2.24, 2.45) is 5.92 Å². The van der Waals surface area contributed by atoms with Crippen LogP contribution in [0, 0.1) is 5.92 Å². The Kier molecular flexibility index (Phi) is 6.49. The number of carbonyl (C=O) groups is 1. The van der Waals surface area contributed by atoms with Crippen LogP contribution in [0.2, 0.25) is 0 Å². The van der Waals surface area contributed by atoms with Crippen molar-refractivity contribution in [2.75, 3.05) is 6.61 Å². The van der Waals surface area contributed by atoms with Crippen molar-refractivity contribution in [1.29, 1.82) is 0 Å². The number of pyridine rings is 1. The third-order valence-corrected chi connectivity index (χ3v) is 10.5. The lowest BCUT2D eigenvalue weighted by Crippen LogP contribution is -2.38. The number of nitrogens with one attached hydrogen (secondary N) is 1. The summed E-state index contributed by atoms with van der Waals surface area (Å²) in [6.45, 7) is 1.96. The lowest BCUT2D eigenvalue weighted by Gasteiger charge is -2.30. The summed E-state index contributed by atoms with van der Waals surface area (Å²) < 4.78 is 32.7. The number of carbonyl (C=O) groups excluding carboxylic acids is 1. The Labute approximate surface area is 230 Å². The number of benzene rings is 2. The quantitative estimate of drug-likeness (QED) is 0.334. The molecule has 2 aromatic heterocycles. The minimum Gasteiger partial charge on any atom is -0.493 e. The molecule has 6 rings (SSSR count). The van der Waals surface area contributed by atoms with E-state index in [1.807, 2.05) is 30.6 Å². The number of sulfonamides is 1. The van der Waals surface area contributed by atoms with E-state index in [4.69, 9.17) is 4.74 Å². The first-order valence-electron chi connectivity index (χ1n) is 12.7. The van der Waals surface area contributed by atoms with Crippen LogP contribution < -0.4 is 9.46 Å². The molecule has 0 unspecified atom stereocenters. The number of aromatic nitrogens is 2. The number of fused-ring (bicyclic) bond motifs is 1. The van der Waals surface area contributed by atoms with E-state index in [0.717, 1.165) is 16.1 Å². The van der Waals surface area contributed by atoms with Gasteiger partial charge < -0.3 is 9.84 Å². The van der Waals surface area contributed by atoms with Gasteiger partial charge in [0.15, 0.2) is 0 Å². The number of thiazole rings is 1. The Balaban J connectivity index is 1.20. The topological polar surface area (TPSA) is 118 Å². The van der Waals surface area contributed by atoms with E-state index in [1.54, 1.807) is 60.2 Å². The Morgan fingerprint density at radius 1 is 1.13 bits per heavy atom. The summed E-state index contributed by atoms with van der Waals surface area (Å²) in [5, 5.41) is 11.2. The SMILES string of the molecule is CC1(S(=O)(=O)NC(=O)c2ccccc2-c2ccc3c(c2)OC[C@@H](Cc2ccc(-c4cncs4)cn2)[C@@H]3O)CC1. The van der Waals surface area contributed by atoms with E-state index in [2.05, 4.69) is 14.7 Å². The first kappa shape index (κ1) is 25.7. The second-order valence-electron chi connectivity index (χ2n) is 10.3. The molecule has 2 N–H and O–H groups in total. The minimum atomic E-state index is -3.77. The summed E-state index contributed by atoms with van der Waals surface area (Å²) in [6, 6.07) is 16.3. The van der Waals surface area contributed by atoms with Gasteiger partial charge in [-0.3, -0.25) is 14.8 Å². The molecule has 2 aliphatic rings. The predicted octanol–water partition coefficient (Wildman–Crippen LogP) is 4.77. The predicted molar refractivity (Wildman–Crippen MR) is 149 cm³/mol. The highest BCUT2D eigenvalue weighted by molar-refractivity contribution is 7.91. The summed E-state index contributed by atoms with van der Waals surface area (Å²) in [6.07, 6.45) is 4.53. The third kappa shape index (κ3) is 4.95. The van der Waals surface area contributed by atoms with Gasteiger partial charge in [-0.05, 0) is 55.5 Å². The largest absolute Gasteiger partial charge is 0.493 e. The highest BCUT2D eigenvalue weighted by Gasteiger charge is 2.51. The maximum atomic E-state index is 13.0. The van der Waals surface area contributed by atoms with E-state index < -0.39 is 26.8 Å². The number of aliphatic hydroxyl groups excluding tert-OH is 1. The third-order valence-electron chi connectivity index (χ3n) is 7.56. The first-order chi connectivity index (χ1) is 18.7. The van der Waals surface area contributed by atoms with Gasteiger partial charge in [-0.25, -0.2) is 13.1 Å². The molecule has 2 aromatic carbocycles. The van der Waals surface area contributed by atoms with Crippen molar-refractivity contribution in [3.05, 3.63) is 89.3 Å². The van der Waals surface area contributed by atoms with E-state index in [0.29, 0.717) is 48.3 Å². The van der Waals surface area contributed by atoms with Crippen molar-refractivity contribution in [3.63, 3.8) is 0 Å². The van der Waals surface area contributed by atoms with E-state index in [9.17, 15) is 18.3 Å². The minimum absolute atomic E-state index is 0.169. The molecule has 10 heteroatoms. The van der Waals surface area contributed by atoms with Crippen LogP contribution in [0.4, 0.5) is 0 Å². The highest BCUT2D eigenvalue weighted by atomic mass is 32.2. The molecule has 0 spiro atoms. The fraction of sp³-hybridized carbons (Fsp3) is 0.276. The van der Waals surface area contributed by atoms with Crippen LogP contribution >= 0.6 is 11.3 Å². The maximum absolute atomic E-state index is 13.0. The Bertz CT molecular complexity index is 1630. The molecule has 0 saturated heterocycles. The Morgan fingerprint density at radius 2 is 1.92 bits per heavy atom. The second-order valence-corrected chi connectivity index (χ2v) is 13.4. The number of hydrogen-bond acceptors (Lipinski definition) is 8. The summed E-state index contributed by atoms with van der Waals surface area (Å²) in [5.74, 6) is -0.290. The molecule has 1 aliphatic heterocycles. The Morgan fingerprint density at radius 3 is 2.64 bits per heavy atom. The van der Waals surface area contributed by atoms with Gasteiger partial charge in [0.25, 0.3) is 5.91 Å². The van der Waals surface area contributed by atoms with E-state index >= 15 is 0 Å². The first-order valence-corrected chi connectivity index (χ1v) is 15.1. The van der Waals surface area contributed by atoms with Crippen LogP contribution in [0.5, 0.6) is 5.75 Å². The van der Waals surface area contributed by atoms with Crippen molar-refractivity contribution in [1.82, 2.24) is 14.7 Å². The van der Waals surface area contributed by atoms with Gasteiger partial charge in [-0.1, -0.05) is 36.4 Å². The average Bonchev–Trinajstić information content (AvgIpc) is 3.48. The number of amides is 1. The molecule has 0 bridgehead atoms. The van der Waals surface area contributed by atoms with Crippen LogP contribution in [-0.2, 0) is 16.4 Å². The summed E-state index contributed by atoms with van der Waals surface area (Å²) in [4.78, 5) is 22.7. The zero-order valence-electron chi connectivity index (χ0n) is 21.2. The highest BCUT2D eigenvalue weighted by Crippen LogP contribution is 2.43. The molecule has 1 aliphatic carbocycles. The van der Waals surface area contributed by atoms with Gasteiger partial charge in [-0.2, -0.15) is 0 Å². The molecule has 1 saturated carbocycles. The molecule has 4 aromatic rings. The molecule has 200 valence electrons. The monoisotopic (exact) mass is 561 g/mol. The van der Waals surface area contributed by atoms with Crippen molar-refractivity contribution in [2.45, 2.75) is 37.0 Å². The van der Waals surface area contributed by atoms with Gasteiger partial charge in [0.2, 0.25) is 10.0 Å². The van der Waals surface area contributed by atoms with E-state index in [1.165, 1.54) is 0 Å². The maximum Gasteiger partial charge on any atom is 0.265 e.